The first-order chi connectivity index (χ1) is 14.7. The van der Waals surface area contributed by atoms with Crippen molar-refractivity contribution in [2.24, 2.45) is 4.99 Å². The van der Waals surface area contributed by atoms with E-state index in [0.717, 1.165) is 35.6 Å². The average Bonchev–Trinajstić information content (AvgIpc) is 3.48. The van der Waals surface area contributed by atoms with Gasteiger partial charge in [-0.1, -0.05) is 30.3 Å². The van der Waals surface area contributed by atoms with E-state index in [9.17, 15) is 4.79 Å². The number of aromatic nitrogens is 2. The Labute approximate surface area is 175 Å². The van der Waals surface area contributed by atoms with Gasteiger partial charge in [-0.3, -0.25) is 14.7 Å². The lowest BCUT2D eigenvalue weighted by atomic mass is 9.99. The van der Waals surface area contributed by atoms with Gasteiger partial charge in [0, 0.05) is 31.8 Å². The van der Waals surface area contributed by atoms with Crippen LogP contribution in [0.25, 0.3) is 0 Å². The molecule has 2 aliphatic heterocycles. The number of hydrogen-bond donors (Lipinski definition) is 0. The Morgan fingerprint density at radius 2 is 1.77 bits per heavy atom. The first-order valence-electron chi connectivity index (χ1n) is 10.5. The van der Waals surface area contributed by atoms with Crippen molar-refractivity contribution >= 4 is 17.6 Å². The molecule has 1 unspecified atom stereocenters. The van der Waals surface area contributed by atoms with Gasteiger partial charge in [0.25, 0.3) is 5.91 Å². The van der Waals surface area contributed by atoms with E-state index < -0.39 is 0 Å². The molecule has 4 heterocycles. The maximum Gasteiger partial charge on any atom is 0.263 e. The van der Waals surface area contributed by atoms with E-state index in [4.69, 9.17) is 4.99 Å². The summed E-state index contributed by atoms with van der Waals surface area (Å²) in [5.74, 6) is 0.820. The molecule has 3 atom stereocenters. The Kier molecular flexibility index (Phi) is 3.81. The smallest absolute Gasteiger partial charge is 0.263 e. The van der Waals surface area contributed by atoms with Gasteiger partial charge in [-0.2, -0.15) is 0 Å². The van der Waals surface area contributed by atoms with Gasteiger partial charge in [0.1, 0.15) is 0 Å². The van der Waals surface area contributed by atoms with Crippen LogP contribution < -0.4 is 4.90 Å². The molecule has 3 aromatic rings. The monoisotopic (exact) mass is 397 g/mol. The predicted octanol–water partition coefficient (Wildman–Crippen LogP) is 3.70. The molecule has 3 aliphatic rings. The van der Waals surface area contributed by atoms with Crippen LogP contribution >= 0.6 is 0 Å². The molecule has 6 rings (SSSR count). The Hall–Kier alpha value is -3.41. The predicted molar refractivity (Wildman–Crippen MR) is 116 cm³/mol. The number of carbonyl (C=O) groups is 1. The van der Waals surface area contributed by atoms with E-state index in [0.29, 0.717) is 12.1 Å². The maximum absolute atomic E-state index is 13.2. The normalized spacial score (nSPS) is 23.1. The van der Waals surface area contributed by atoms with Crippen molar-refractivity contribution in [3.05, 3.63) is 83.9 Å². The van der Waals surface area contributed by atoms with Crippen LogP contribution in [0.15, 0.2) is 72.2 Å². The highest BCUT2D eigenvalue weighted by molar-refractivity contribution is 6.19. The third-order valence-electron chi connectivity index (χ3n) is 6.63. The molecule has 150 valence electrons. The van der Waals surface area contributed by atoms with Crippen LogP contribution in [0.4, 0.5) is 5.69 Å². The molecule has 1 aliphatic carbocycles. The Morgan fingerprint density at radius 1 is 1.00 bits per heavy atom. The number of anilines is 1. The van der Waals surface area contributed by atoms with Gasteiger partial charge in [0.05, 0.1) is 29.4 Å². The lowest BCUT2D eigenvalue weighted by Crippen LogP contribution is -2.50. The van der Waals surface area contributed by atoms with Crippen molar-refractivity contribution in [2.45, 2.75) is 37.4 Å². The number of carbonyl (C=O) groups excluding carboxylic acids is 1. The molecule has 0 bridgehead atoms. The highest BCUT2D eigenvalue weighted by atomic mass is 16.2. The topological polar surface area (TPSA) is 53.7 Å². The lowest BCUT2D eigenvalue weighted by molar-refractivity contribution is 0.0865. The number of amides is 1. The second kappa shape index (κ2) is 6.55. The minimum atomic E-state index is -0.0275. The van der Waals surface area contributed by atoms with Gasteiger partial charge < -0.3 is 9.47 Å². The van der Waals surface area contributed by atoms with E-state index in [1.807, 2.05) is 43.8 Å². The summed E-state index contributed by atoms with van der Waals surface area (Å²) >= 11 is 0. The van der Waals surface area contributed by atoms with Crippen molar-refractivity contribution in [3.8, 4) is 0 Å². The molecule has 1 fully saturated rings. The summed E-state index contributed by atoms with van der Waals surface area (Å²) in [6.45, 7) is 0. The minimum Gasteiger partial charge on any atom is -0.340 e. The van der Waals surface area contributed by atoms with Gasteiger partial charge in [-0.25, -0.2) is 4.99 Å². The highest BCUT2D eigenvalue weighted by Crippen LogP contribution is 2.42. The number of nitrogens with zero attached hydrogens (tertiary/aromatic N) is 5. The summed E-state index contributed by atoms with van der Waals surface area (Å²) in [7, 11) is 1.84. The van der Waals surface area contributed by atoms with E-state index in [2.05, 4.69) is 44.9 Å². The summed E-state index contributed by atoms with van der Waals surface area (Å²) in [5, 5.41) is 0. The number of rotatable bonds is 3. The molecule has 0 spiro atoms. The summed E-state index contributed by atoms with van der Waals surface area (Å²) < 4.78 is 2.17. The molecule has 1 amide bonds. The van der Waals surface area contributed by atoms with Crippen LogP contribution in [0.2, 0.25) is 0 Å². The third kappa shape index (κ3) is 2.46. The molecule has 2 aromatic heterocycles. The summed E-state index contributed by atoms with van der Waals surface area (Å²) in [5.41, 5.74) is 4.05. The highest BCUT2D eigenvalue weighted by Gasteiger charge is 2.47. The molecule has 0 saturated heterocycles. The van der Waals surface area contributed by atoms with Gasteiger partial charge >= 0.3 is 0 Å². The van der Waals surface area contributed by atoms with Gasteiger partial charge in [0.2, 0.25) is 5.96 Å². The molecular formula is C24H23N5O. The first kappa shape index (κ1) is 17.4. The van der Waals surface area contributed by atoms with E-state index in [1.54, 1.807) is 4.90 Å². The molecule has 0 radical (unpaired) electrons. The van der Waals surface area contributed by atoms with E-state index in [1.165, 1.54) is 12.0 Å². The Bertz CT molecular complexity index is 1100. The zero-order chi connectivity index (χ0) is 20.2. The molecular weight excluding hydrogens is 374 g/mol. The second-order valence-corrected chi connectivity index (χ2v) is 8.33. The van der Waals surface area contributed by atoms with Crippen LogP contribution in [0.5, 0.6) is 0 Å². The zero-order valence-corrected chi connectivity index (χ0v) is 16.8. The fraction of sp³-hybridized carbons (Fsp3) is 0.292. The molecule has 6 heteroatoms. The van der Waals surface area contributed by atoms with Gasteiger partial charge in [-0.15, -0.1) is 0 Å². The largest absolute Gasteiger partial charge is 0.340 e. The lowest BCUT2D eigenvalue weighted by Gasteiger charge is -2.35. The molecule has 6 nitrogen and oxygen atoms in total. The summed E-state index contributed by atoms with van der Waals surface area (Å²) in [6.07, 6.45) is 11.2. The van der Waals surface area contributed by atoms with Gasteiger partial charge in [0.15, 0.2) is 0 Å². The standard InChI is InChI=1S/C24H23N5O/c1-27-23(30)18-14-28(15-21(18)29-20-9-5-8-19(20)26-24(27)29)22(16-6-3-2-4-7-16)17-10-12-25-13-11-17/h2-4,6-7,10-15,19-20,22H,5,8-9H2,1H3/t19-,20+,22?/m1/s1. The van der Waals surface area contributed by atoms with Crippen LogP contribution in [0, 0.1) is 0 Å². The van der Waals surface area contributed by atoms with Crippen LogP contribution in [-0.2, 0) is 0 Å². The fourth-order valence-electron chi connectivity index (χ4n) is 5.22. The summed E-state index contributed by atoms with van der Waals surface area (Å²) in [4.78, 5) is 26.3. The molecule has 1 saturated carbocycles. The number of hydrogen-bond acceptors (Lipinski definition) is 4. The zero-order valence-electron chi connectivity index (χ0n) is 16.8. The van der Waals surface area contributed by atoms with Crippen molar-refractivity contribution in [1.29, 1.82) is 0 Å². The van der Waals surface area contributed by atoms with Gasteiger partial charge in [-0.05, 0) is 42.5 Å². The number of benzene rings is 1. The Morgan fingerprint density at radius 3 is 2.57 bits per heavy atom. The number of fused-ring (bicyclic) bond motifs is 5. The fourth-order valence-corrected chi connectivity index (χ4v) is 5.22. The van der Waals surface area contributed by atoms with Crippen molar-refractivity contribution in [3.63, 3.8) is 0 Å². The van der Waals surface area contributed by atoms with Crippen molar-refractivity contribution in [2.75, 3.05) is 11.9 Å². The third-order valence-corrected chi connectivity index (χ3v) is 6.63. The average molecular weight is 397 g/mol. The number of pyridine rings is 1. The first-order valence-corrected chi connectivity index (χ1v) is 10.5. The molecule has 30 heavy (non-hydrogen) atoms. The quantitative estimate of drug-likeness (QED) is 0.677. The van der Waals surface area contributed by atoms with Crippen LogP contribution in [0.3, 0.4) is 0 Å². The summed E-state index contributed by atoms with van der Waals surface area (Å²) in [6, 6.07) is 15.1. The Balaban J connectivity index is 1.51. The van der Waals surface area contributed by atoms with Crippen LogP contribution in [-0.4, -0.2) is 45.4 Å². The second-order valence-electron chi connectivity index (χ2n) is 8.33. The molecule has 0 N–H and O–H groups in total. The SMILES string of the molecule is CN1C(=O)c2cn(C(c3ccccc3)c3ccncc3)cc2N2C1=N[C@@H]1CCC[C@@H]12. The number of aliphatic imine (C=N–C) groups is 1. The number of guanidine groups is 1. The van der Waals surface area contributed by atoms with Crippen molar-refractivity contribution < 1.29 is 4.79 Å². The minimum absolute atomic E-state index is 0.0141. The molecule has 1 aromatic carbocycles. The van der Waals surface area contributed by atoms with E-state index in [-0.39, 0.29) is 11.9 Å². The van der Waals surface area contributed by atoms with Crippen molar-refractivity contribution in [1.82, 2.24) is 14.5 Å². The van der Waals surface area contributed by atoms with Crippen LogP contribution in [0.1, 0.15) is 46.8 Å². The maximum atomic E-state index is 13.2. The van der Waals surface area contributed by atoms with E-state index >= 15 is 0 Å².